The van der Waals surface area contributed by atoms with E-state index >= 15 is 0 Å². The van der Waals surface area contributed by atoms with Crippen LogP contribution < -0.4 is 0 Å². The van der Waals surface area contributed by atoms with Gasteiger partial charge in [0.05, 0.1) is 13.2 Å². The highest BCUT2D eigenvalue weighted by atomic mass is 16.3. The van der Waals surface area contributed by atoms with Crippen molar-refractivity contribution in [2.24, 2.45) is 11.8 Å². The van der Waals surface area contributed by atoms with Crippen LogP contribution >= 0.6 is 0 Å². The van der Waals surface area contributed by atoms with Crippen LogP contribution in [0.5, 0.6) is 0 Å². The Morgan fingerprint density at radius 1 is 1.40 bits per heavy atom. The second-order valence-corrected chi connectivity index (χ2v) is 5.55. The molecular formula is C14H26N4O2. The van der Waals surface area contributed by atoms with Crippen molar-refractivity contribution in [2.45, 2.75) is 13.5 Å². The molecule has 1 aromatic heterocycles. The van der Waals surface area contributed by atoms with E-state index in [1.807, 2.05) is 6.20 Å². The van der Waals surface area contributed by atoms with Gasteiger partial charge in [-0.05, 0) is 18.4 Å². The number of hydrogen-bond acceptors (Lipinski definition) is 5. The summed E-state index contributed by atoms with van der Waals surface area (Å²) in [7, 11) is 0. The molecule has 6 nitrogen and oxygen atoms in total. The number of imidazole rings is 1. The van der Waals surface area contributed by atoms with Gasteiger partial charge < -0.3 is 20.1 Å². The predicted octanol–water partition coefficient (Wildman–Crippen LogP) is -0.236. The summed E-state index contributed by atoms with van der Waals surface area (Å²) in [6.45, 7) is 7.84. The topological polar surface area (TPSA) is 75.6 Å². The number of aliphatic hydroxyl groups excluding tert-OH is 2. The highest BCUT2D eigenvalue weighted by molar-refractivity contribution is 4.91. The lowest BCUT2D eigenvalue weighted by atomic mass is 9.96. The van der Waals surface area contributed by atoms with Crippen LogP contribution in [-0.4, -0.2) is 75.9 Å². The summed E-state index contributed by atoms with van der Waals surface area (Å²) in [5.74, 6) is 1.75. The van der Waals surface area contributed by atoms with Crippen LogP contribution in [0.15, 0.2) is 12.4 Å². The van der Waals surface area contributed by atoms with Gasteiger partial charge in [-0.25, -0.2) is 4.98 Å². The third kappa shape index (κ3) is 4.02. The van der Waals surface area contributed by atoms with Crippen LogP contribution in [0.4, 0.5) is 0 Å². The number of aromatic amines is 1. The molecule has 0 bridgehead atoms. The van der Waals surface area contributed by atoms with Crippen molar-refractivity contribution in [1.82, 2.24) is 19.8 Å². The maximum absolute atomic E-state index is 9.58. The van der Waals surface area contributed by atoms with Crippen LogP contribution in [0.1, 0.15) is 12.7 Å². The smallest absolute Gasteiger partial charge is 0.120 e. The SMILES string of the molecule is CCN(CCO)C[C@@H]1CN(Cc2ncc[nH]2)C[C@@H]1CO. The molecule has 6 heteroatoms. The fraction of sp³-hybridized carbons (Fsp3) is 0.786. The Morgan fingerprint density at radius 3 is 2.80 bits per heavy atom. The molecule has 1 saturated heterocycles. The first-order valence-corrected chi connectivity index (χ1v) is 7.41. The van der Waals surface area contributed by atoms with E-state index in [1.165, 1.54) is 0 Å². The molecule has 0 radical (unpaired) electrons. The summed E-state index contributed by atoms with van der Waals surface area (Å²) in [4.78, 5) is 12.0. The van der Waals surface area contributed by atoms with Crippen molar-refractivity contribution in [3.05, 3.63) is 18.2 Å². The summed E-state index contributed by atoms with van der Waals surface area (Å²) in [5.41, 5.74) is 0. The zero-order valence-electron chi connectivity index (χ0n) is 12.2. The molecule has 0 aliphatic carbocycles. The van der Waals surface area contributed by atoms with Gasteiger partial charge in [-0.3, -0.25) is 4.90 Å². The van der Waals surface area contributed by atoms with Gasteiger partial charge in [0, 0.05) is 45.2 Å². The highest BCUT2D eigenvalue weighted by Gasteiger charge is 2.33. The van der Waals surface area contributed by atoms with E-state index in [2.05, 4.69) is 26.7 Å². The monoisotopic (exact) mass is 282 g/mol. The Bertz CT molecular complexity index is 371. The molecule has 20 heavy (non-hydrogen) atoms. The lowest BCUT2D eigenvalue weighted by Gasteiger charge is -2.25. The second-order valence-electron chi connectivity index (χ2n) is 5.55. The molecule has 0 spiro atoms. The van der Waals surface area contributed by atoms with Crippen LogP contribution in [0.3, 0.4) is 0 Å². The molecule has 1 aliphatic rings. The number of likely N-dealkylation sites (tertiary alicyclic amines) is 1. The molecule has 0 amide bonds. The second kappa shape index (κ2) is 7.73. The van der Waals surface area contributed by atoms with Crippen molar-refractivity contribution in [3.63, 3.8) is 0 Å². The van der Waals surface area contributed by atoms with E-state index in [-0.39, 0.29) is 13.2 Å². The first kappa shape index (κ1) is 15.4. The highest BCUT2D eigenvalue weighted by Crippen LogP contribution is 2.25. The predicted molar refractivity (Wildman–Crippen MR) is 77.1 cm³/mol. The summed E-state index contributed by atoms with van der Waals surface area (Å²) >= 11 is 0. The number of nitrogens with zero attached hydrogens (tertiary/aromatic N) is 3. The molecule has 1 aromatic rings. The molecule has 3 N–H and O–H groups in total. The maximum Gasteiger partial charge on any atom is 0.120 e. The van der Waals surface area contributed by atoms with Gasteiger partial charge in [-0.1, -0.05) is 6.92 Å². The Hall–Kier alpha value is -0.950. The van der Waals surface area contributed by atoms with E-state index in [4.69, 9.17) is 5.11 Å². The number of aromatic nitrogens is 2. The van der Waals surface area contributed by atoms with Crippen LogP contribution in [0, 0.1) is 11.8 Å². The zero-order valence-corrected chi connectivity index (χ0v) is 12.2. The Labute approximate surface area is 120 Å². The maximum atomic E-state index is 9.58. The van der Waals surface area contributed by atoms with Crippen LogP contribution in [0.2, 0.25) is 0 Å². The third-order valence-corrected chi connectivity index (χ3v) is 4.17. The molecule has 2 heterocycles. The van der Waals surface area contributed by atoms with Crippen molar-refractivity contribution >= 4 is 0 Å². The van der Waals surface area contributed by atoms with Gasteiger partial charge in [0.1, 0.15) is 5.82 Å². The standard InChI is InChI=1S/C14H26N4O2/c1-2-17(5-6-19)7-12-8-18(9-13(12)11-20)10-14-15-3-4-16-14/h3-4,12-13,19-20H,2,5-11H2,1H3,(H,15,16)/t12-,13-/m1/s1. The minimum absolute atomic E-state index is 0.195. The van der Waals surface area contributed by atoms with Gasteiger partial charge in [0.2, 0.25) is 0 Å². The average molecular weight is 282 g/mol. The van der Waals surface area contributed by atoms with E-state index in [9.17, 15) is 5.11 Å². The molecule has 0 unspecified atom stereocenters. The summed E-state index contributed by atoms with van der Waals surface area (Å²) < 4.78 is 0. The van der Waals surface area contributed by atoms with E-state index in [0.717, 1.165) is 38.5 Å². The van der Waals surface area contributed by atoms with Crippen LogP contribution in [-0.2, 0) is 6.54 Å². The van der Waals surface area contributed by atoms with Crippen LogP contribution in [0.25, 0.3) is 0 Å². The number of rotatable bonds is 8. The van der Waals surface area contributed by atoms with E-state index in [1.54, 1.807) is 6.20 Å². The lowest BCUT2D eigenvalue weighted by Crippen LogP contribution is -2.35. The molecular weight excluding hydrogens is 256 g/mol. The minimum Gasteiger partial charge on any atom is -0.396 e. The molecule has 0 saturated carbocycles. The van der Waals surface area contributed by atoms with Gasteiger partial charge in [0.25, 0.3) is 0 Å². The van der Waals surface area contributed by atoms with E-state index in [0.29, 0.717) is 18.4 Å². The number of likely N-dealkylation sites (N-methyl/N-ethyl adjacent to an activating group) is 1. The average Bonchev–Trinajstić information content (AvgIpc) is 3.08. The van der Waals surface area contributed by atoms with Gasteiger partial charge in [-0.15, -0.1) is 0 Å². The normalized spacial score (nSPS) is 23.8. The minimum atomic E-state index is 0.195. The first-order valence-electron chi connectivity index (χ1n) is 7.41. The molecule has 1 aliphatic heterocycles. The van der Waals surface area contributed by atoms with Crippen molar-refractivity contribution in [1.29, 1.82) is 0 Å². The molecule has 2 rings (SSSR count). The largest absolute Gasteiger partial charge is 0.396 e. The molecule has 0 aromatic carbocycles. The van der Waals surface area contributed by atoms with E-state index < -0.39 is 0 Å². The Kier molecular flexibility index (Phi) is 5.97. The zero-order chi connectivity index (χ0) is 14.4. The summed E-state index contributed by atoms with van der Waals surface area (Å²) in [5, 5.41) is 18.7. The lowest BCUT2D eigenvalue weighted by molar-refractivity contribution is 0.147. The van der Waals surface area contributed by atoms with Gasteiger partial charge in [-0.2, -0.15) is 0 Å². The Balaban J connectivity index is 1.88. The van der Waals surface area contributed by atoms with Crippen molar-refractivity contribution in [3.8, 4) is 0 Å². The fourth-order valence-corrected chi connectivity index (χ4v) is 3.03. The number of H-pyrrole nitrogens is 1. The van der Waals surface area contributed by atoms with Gasteiger partial charge >= 0.3 is 0 Å². The number of aliphatic hydroxyl groups is 2. The van der Waals surface area contributed by atoms with Gasteiger partial charge in [0.15, 0.2) is 0 Å². The number of nitrogens with one attached hydrogen (secondary N) is 1. The molecule has 114 valence electrons. The fourth-order valence-electron chi connectivity index (χ4n) is 3.03. The summed E-state index contributed by atoms with van der Waals surface area (Å²) in [6.07, 6.45) is 3.61. The van der Waals surface area contributed by atoms with Crippen molar-refractivity contribution in [2.75, 3.05) is 45.9 Å². The first-order chi connectivity index (χ1) is 9.76. The quantitative estimate of drug-likeness (QED) is 0.614. The summed E-state index contributed by atoms with van der Waals surface area (Å²) in [6, 6.07) is 0. The molecule has 1 fully saturated rings. The Morgan fingerprint density at radius 2 is 2.20 bits per heavy atom. The van der Waals surface area contributed by atoms with Crippen molar-refractivity contribution < 1.29 is 10.2 Å². The third-order valence-electron chi connectivity index (χ3n) is 4.17. The molecule has 2 atom stereocenters. The number of hydrogen-bond donors (Lipinski definition) is 3.